The molecule has 2 aliphatic heterocycles. The highest BCUT2D eigenvalue weighted by Gasteiger charge is 2.47. The number of carbonyl (C=O) groups excluding carboxylic acids is 1. The summed E-state index contributed by atoms with van der Waals surface area (Å²) in [7, 11) is 0. The Morgan fingerprint density at radius 3 is 2.89 bits per heavy atom. The zero-order valence-corrected chi connectivity index (χ0v) is 10.6. The lowest BCUT2D eigenvalue weighted by atomic mass is 9.85. The first-order valence-corrected chi connectivity index (χ1v) is 6.36. The zero-order valence-electron chi connectivity index (χ0n) is 10.6. The minimum absolute atomic E-state index is 0.0580. The van der Waals surface area contributed by atoms with Gasteiger partial charge >= 0.3 is 5.97 Å². The normalized spacial score (nSPS) is 36.3. The lowest BCUT2D eigenvalue weighted by Gasteiger charge is -2.28. The number of piperidine rings is 1. The van der Waals surface area contributed by atoms with Crippen molar-refractivity contribution in [2.45, 2.75) is 25.8 Å². The van der Waals surface area contributed by atoms with Crippen molar-refractivity contribution >= 4 is 11.9 Å². The first-order valence-electron chi connectivity index (χ1n) is 6.36. The fraction of sp³-hybridized carbons (Fsp3) is 0.833. The molecule has 0 radical (unpaired) electrons. The fourth-order valence-corrected chi connectivity index (χ4v) is 2.45. The molecule has 0 aromatic carbocycles. The number of hydrogen-bond donors (Lipinski definition) is 3. The van der Waals surface area contributed by atoms with Gasteiger partial charge in [-0.15, -0.1) is 0 Å². The molecule has 3 unspecified atom stereocenters. The fourth-order valence-electron chi connectivity index (χ4n) is 2.45. The van der Waals surface area contributed by atoms with Crippen LogP contribution in [0, 0.1) is 11.3 Å². The molecule has 1 amide bonds. The second-order valence-corrected chi connectivity index (χ2v) is 5.34. The Labute approximate surface area is 106 Å². The SMILES string of the molecule is CC1(C(=O)O)COCC1NC(=O)C1CCCNC1. The Morgan fingerprint density at radius 1 is 1.50 bits per heavy atom. The van der Waals surface area contributed by atoms with Gasteiger partial charge in [0, 0.05) is 6.54 Å². The number of aliphatic carboxylic acids is 1. The van der Waals surface area contributed by atoms with E-state index in [9.17, 15) is 14.7 Å². The molecular weight excluding hydrogens is 236 g/mol. The van der Waals surface area contributed by atoms with E-state index in [1.54, 1.807) is 6.92 Å². The molecule has 6 nitrogen and oxygen atoms in total. The molecule has 18 heavy (non-hydrogen) atoms. The minimum atomic E-state index is -1.02. The lowest BCUT2D eigenvalue weighted by Crippen LogP contribution is -2.52. The van der Waals surface area contributed by atoms with E-state index >= 15 is 0 Å². The maximum absolute atomic E-state index is 12.1. The number of carbonyl (C=O) groups is 2. The van der Waals surface area contributed by atoms with E-state index in [0.29, 0.717) is 6.54 Å². The molecule has 6 heteroatoms. The molecule has 0 aromatic heterocycles. The number of ether oxygens (including phenoxy) is 1. The van der Waals surface area contributed by atoms with E-state index in [4.69, 9.17) is 4.74 Å². The maximum Gasteiger partial charge on any atom is 0.313 e. The van der Waals surface area contributed by atoms with Crippen LogP contribution in [0.1, 0.15) is 19.8 Å². The van der Waals surface area contributed by atoms with Gasteiger partial charge in [0.15, 0.2) is 0 Å². The van der Waals surface area contributed by atoms with E-state index in [1.165, 1.54) is 0 Å². The van der Waals surface area contributed by atoms with Gasteiger partial charge < -0.3 is 20.5 Å². The predicted octanol–water partition coefficient (Wildman–Crippen LogP) is -0.408. The van der Waals surface area contributed by atoms with E-state index < -0.39 is 17.4 Å². The third-order valence-electron chi connectivity index (χ3n) is 3.93. The van der Waals surface area contributed by atoms with E-state index in [1.807, 2.05) is 0 Å². The van der Waals surface area contributed by atoms with Crippen LogP contribution >= 0.6 is 0 Å². The monoisotopic (exact) mass is 256 g/mol. The van der Waals surface area contributed by atoms with Gasteiger partial charge in [-0.25, -0.2) is 0 Å². The van der Waals surface area contributed by atoms with Gasteiger partial charge in [-0.1, -0.05) is 0 Å². The number of carboxylic acid groups (broad SMARTS) is 1. The lowest BCUT2D eigenvalue weighted by molar-refractivity contribution is -0.149. The average molecular weight is 256 g/mol. The first-order chi connectivity index (χ1) is 8.54. The van der Waals surface area contributed by atoms with Crippen LogP contribution in [-0.4, -0.2) is 49.3 Å². The summed E-state index contributed by atoms with van der Waals surface area (Å²) >= 11 is 0. The molecule has 2 saturated heterocycles. The number of carboxylic acids is 1. The highest BCUT2D eigenvalue weighted by atomic mass is 16.5. The summed E-state index contributed by atoms with van der Waals surface area (Å²) in [6.07, 6.45) is 1.84. The van der Waals surface area contributed by atoms with Crippen molar-refractivity contribution in [1.29, 1.82) is 0 Å². The van der Waals surface area contributed by atoms with Gasteiger partial charge in [-0.3, -0.25) is 9.59 Å². The van der Waals surface area contributed by atoms with Crippen LogP contribution in [0.25, 0.3) is 0 Å². The Morgan fingerprint density at radius 2 is 2.28 bits per heavy atom. The standard InChI is InChI=1S/C12H20N2O4/c1-12(11(16)17)7-18-6-9(12)14-10(15)8-3-2-4-13-5-8/h8-9,13H,2-7H2,1H3,(H,14,15)(H,16,17). The summed E-state index contributed by atoms with van der Waals surface area (Å²) in [5.74, 6) is -1.05. The largest absolute Gasteiger partial charge is 0.481 e. The molecule has 2 heterocycles. The molecule has 102 valence electrons. The molecule has 2 fully saturated rings. The van der Waals surface area contributed by atoms with E-state index in [0.717, 1.165) is 19.4 Å². The van der Waals surface area contributed by atoms with Crippen molar-refractivity contribution in [2.75, 3.05) is 26.3 Å². The van der Waals surface area contributed by atoms with Crippen LogP contribution in [-0.2, 0) is 14.3 Å². The molecule has 0 bridgehead atoms. The summed E-state index contributed by atoms with van der Waals surface area (Å²) in [6, 6.07) is -0.440. The molecule has 3 N–H and O–H groups in total. The van der Waals surface area contributed by atoms with Gasteiger partial charge in [0.2, 0.25) is 5.91 Å². The molecular formula is C12H20N2O4. The second kappa shape index (κ2) is 5.24. The average Bonchev–Trinajstić information content (AvgIpc) is 2.73. The topological polar surface area (TPSA) is 87.7 Å². The quantitative estimate of drug-likeness (QED) is 0.639. The van der Waals surface area contributed by atoms with Crippen molar-refractivity contribution in [3.8, 4) is 0 Å². The zero-order chi connectivity index (χ0) is 13.2. The van der Waals surface area contributed by atoms with Crippen molar-refractivity contribution in [3.05, 3.63) is 0 Å². The highest BCUT2D eigenvalue weighted by Crippen LogP contribution is 2.29. The van der Waals surface area contributed by atoms with Crippen molar-refractivity contribution in [2.24, 2.45) is 11.3 Å². The van der Waals surface area contributed by atoms with Crippen LogP contribution in [0.2, 0.25) is 0 Å². The van der Waals surface area contributed by atoms with Crippen LogP contribution < -0.4 is 10.6 Å². The van der Waals surface area contributed by atoms with Crippen molar-refractivity contribution in [1.82, 2.24) is 10.6 Å². The molecule has 2 rings (SSSR count). The summed E-state index contributed by atoms with van der Waals surface area (Å²) in [5, 5.41) is 15.2. The smallest absolute Gasteiger partial charge is 0.313 e. The van der Waals surface area contributed by atoms with Gasteiger partial charge in [0.25, 0.3) is 0 Å². The molecule has 0 aromatic rings. The molecule has 0 aliphatic carbocycles. The number of amides is 1. The second-order valence-electron chi connectivity index (χ2n) is 5.34. The predicted molar refractivity (Wildman–Crippen MR) is 64.1 cm³/mol. The molecule has 3 atom stereocenters. The van der Waals surface area contributed by atoms with Crippen LogP contribution in [0.3, 0.4) is 0 Å². The summed E-state index contributed by atoms with van der Waals surface area (Å²) in [4.78, 5) is 23.3. The van der Waals surface area contributed by atoms with Gasteiger partial charge in [0.1, 0.15) is 5.41 Å². The van der Waals surface area contributed by atoms with Gasteiger partial charge in [-0.2, -0.15) is 0 Å². The van der Waals surface area contributed by atoms with Crippen molar-refractivity contribution in [3.63, 3.8) is 0 Å². The first kappa shape index (κ1) is 13.3. The summed E-state index contributed by atoms with van der Waals surface area (Å²) in [6.45, 7) is 3.66. The number of rotatable bonds is 3. The molecule has 0 saturated carbocycles. The Kier molecular flexibility index (Phi) is 3.87. The number of hydrogen-bond acceptors (Lipinski definition) is 4. The van der Waals surface area contributed by atoms with E-state index in [-0.39, 0.29) is 25.0 Å². The van der Waals surface area contributed by atoms with Crippen LogP contribution in [0.15, 0.2) is 0 Å². The Hall–Kier alpha value is -1.14. The van der Waals surface area contributed by atoms with E-state index in [2.05, 4.69) is 10.6 Å². The van der Waals surface area contributed by atoms with Crippen LogP contribution in [0.4, 0.5) is 0 Å². The van der Waals surface area contributed by atoms with Crippen molar-refractivity contribution < 1.29 is 19.4 Å². The van der Waals surface area contributed by atoms with Gasteiger partial charge in [0.05, 0.1) is 25.2 Å². The maximum atomic E-state index is 12.1. The van der Waals surface area contributed by atoms with Crippen LogP contribution in [0.5, 0.6) is 0 Å². The molecule has 2 aliphatic rings. The molecule has 0 spiro atoms. The Balaban J connectivity index is 1.95. The number of nitrogens with one attached hydrogen (secondary N) is 2. The summed E-state index contributed by atoms with van der Waals surface area (Å²) in [5.41, 5.74) is -1.02. The third-order valence-corrected chi connectivity index (χ3v) is 3.93. The third kappa shape index (κ3) is 2.49. The highest BCUT2D eigenvalue weighted by molar-refractivity contribution is 5.82. The van der Waals surface area contributed by atoms with Gasteiger partial charge in [-0.05, 0) is 26.3 Å². The summed E-state index contributed by atoms with van der Waals surface area (Å²) < 4.78 is 5.21. The minimum Gasteiger partial charge on any atom is -0.481 e. The Bertz CT molecular complexity index is 341.